The first-order chi connectivity index (χ1) is 8.13. The molecule has 0 N–H and O–H groups in total. The summed E-state index contributed by atoms with van der Waals surface area (Å²) < 4.78 is 18.1. The standard InChI is InChI=1S/C14H19FO2/c1-3-7-17-8-6-14(16)10-12-4-5-13(15)9-11(12)2/h4-5,9H,3,6-8,10H2,1-2H3. The van der Waals surface area contributed by atoms with Crippen molar-refractivity contribution in [2.75, 3.05) is 13.2 Å². The van der Waals surface area contributed by atoms with E-state index < -0.39 is 0 Å². The molecule has 0 aliphatic rings. The minimum atomic E-state index is -0.259. The lowest BCUT2D eigenvalue weighted by molar-refractivity contribution is -0.119. The van der Waals surface area contributed by atoms with Gasteiger partial charge >= 0.3 is 0 Å². The second kappa shape index (κ2) is 7.17. The molecule has 0 aliphatic carbocycles. The van der Waals surface area contributed by atoms with Gasteiger partial charge in [-0.2, -0.15) is 0 Å². The highest BCUT2D eigenvalue weighted by Gasteiger charge is 2.06. The zero-order valence-electron chi connectivity index (χ0n) is 10.5. The third-order valence-corrected chi connectivity index (χ3v) is 2.57. The number of carbonyl (C=O) groups is 1. The van der Waals surface area contributed by atoms with E-state index in [0.717, 1.165) is 17.5 Å². The van der Waals surface area contributed by atoms with Crippen LogP contribution in [0.5, 0.6) is 0 Å². The number of hydrogen-bond donors (Lipinski definition) is 0. The van der Waals surface area contributed by atoms with Gasteiger partial charge < -0.3 is 4.74 Å². The minimum absolute atomic E-state index is 0.135. The van der Waals surface area contributed by atoms with Crippen molar-refractivity contribution in [3.63, 3.8) is 0 Å². The number of carbonyl (C=O) groups excluding carboxylic acids is 1. The lowest BCUT2D eigenvalue weighted by Gasteiger charge is -2.05. The highest BCUT2D eigenvalue weighted by Crippen LogP contribution is 2.11. The molecule has 0 heterocycles. The van der Waals surface area contributed by atoms with Crippen molar-refractivity contribution in [2.24, 2.45) is 0 Å². The van der Waals surface area contributed by atoms with Crippen LogP contribution < -0.4 is 0 Å². The van der Waals surface area contributed by atoms with Crippen molar-refractivity contribution in [1.29, 1.82) is 0 Å². The first-order valence-electron chi connectivity index (χ1n) is 5.98. The molecule has 0 aliphatic heterocycles. The van der Waals surface area contributed by atoms with Gasteiger partial charge in [-0.3, -0.25) is 4.79 Å². The predicted molar refractivity (Wildman–Crippen MR) is 65.6 cm³/mol. The van der Waals surface area contributed by atoms with Crippen LogP contribution in [-0.4, -0.2) is 19.0 Å². The van der Waals surface area contributed by atoms with Crippen molar-refractivity contribution < 1.29 is 13.9 Å². The molecular weight excluding hydrogens is 219 g/mol. The summed E-state index contributed by atoms with van der Waals surface area (Å²) in [5.74, 6) is -0.124. The maximum Gasteiger partial charge on any atom is 0.139 e. The molecule has 0 saturated carbocycles. The van der Waals surface area contributed by atoms with Gasteiger partial charge in [0.1, 0.15) is 11.6 Å². The SMILES string of the molecule is CCCOCCC(=O)Cc1ccc(F)cc1C. The number of ketones is 1. The average Bonchev–Trinajstić information content (AvgIpc) is 2.28. The molecule has 0 aromatic heterocycles. The van der Waals surface area contributed by atoms with Crippen LogP contribution >= 0.6 is 0 Å². The van der Waals surface area contributed by atoms with E-state index in [1.807, 2.05) is 13.8 Å². The molecular formula is C14H19FO2. The molecule has 0 saturated heterocycles. The number of hydrogen-bond acceptors (Lipinski definition) is 2. The van der Waals surface area contributed by atoms with Crippen LogP contribution in [0.25, 0.3) is 0 Å². The summed E-state index contributed by atoms with van der Waals surface area (Å²) in [5, 5.41) is 0. The molecule has 1 aromatic carbocycles. The zero-order valence-corrected chi connectivity index (χ0v) is 10.5. The van der Waals surface area contributed by atoms with Gasteiger partial charge in [0, 0.05) is 19.4 Å². The van der Waals surface area contributed by atoms with Gasteiger partial charge in [0.2, 0.25) is 0 Å². The number of ether oxygens (including phenoxy) is 1. The lowest BCUT2D eigenvalue weighted by atomic mass is 10.0. The van der Waals surface area contributed by atoms with Gasteiger partial charge in [-0.25, -0.2) is 4.39 Å². The molecule has 94 valence electrons. The van der Waals surface area contributed by atoms with Crippen molar-refractivity contribution in [2.45, 2.75) is 33.1 Å². The monoisotopic (exact) mass is 238 g/mol. The summed E-state index contributed by atoms with van der Waals surface area (Å²) in [7, 11) is 0. The third kappa shape index (κ3) is 5.09. The summed E-state index contributed by atoms with van der Waals surface area (Å²) in [6.45, 7) is 5.03. The summed E-state index contributed by atoms with van der Waals surface area (Å²) in [6, 6.07) is 4.52. The van der Waals surface area contributed by atoms with Gasteiger partial charge in [-0.1, -0.05) is 13.0 Å². The fourth-order valence-corrected chi connectivity index (χ4v) is 1.59. The van der Waals surface area contributed by atoms with Gasteiger partial charge in [-0.15, -0.1) is 0 Å². The summed E-state index contributed by atoms with van der Waals surface area (Å²) in [5.41, 5.74) is 1.72. The number of aryl methyl sites for hydroxylation is 1. The van der Waals surface area contributed by atoms with E-state index in [1.54, 1.807) is 6.07 Å². The van der Waals surface area contributed by atoms with E-state index in [-0.39, 0.29) is 11.6 Å². The Morgan fingerprint density at radius 1 is 1.35 bits per heavy atom. The first kappa shape index (κ1) is 13.8. The second-order valence-electron chi connectivity index (χ2n) is 4.15. The van der Waals surface area contributed by atoms with Crippen molar-refractivity contribution in [3.8, 4) is 0 Å². The van der Waals surface area contributed by atoms with E-state index >= 15 is 0 Å². The molecule has 0 amide bonds. The minimum Gasteiger partial charge on any atom is -0.381 e. The molecule has 0 radical (unpaired) electrons. The fraction of sp³-hybridized carbons (Fsp3) is 0.500. The molecule has 0 unspecified atom stereocenters. The highest BCUT2D eigenvalue weighted by molar-refractivity contribution is 5.81. The summed E-state index contributed by atoms with van der Waals surface area (Å²) in [6.07, 6.45) is 1.75. The molecule has 0 spiro atoms. The Bertz CT molecular complexity index is 374. The van der Waals surface area contributed by atoms with Crippen LogP contribution in [0.2, 0.25) is 0 Å². The molecule has 17 heavy (non-hydrogen) atoms. The average molecular weight is 238 g/mol. The van der Waals surface area contributed by atoms with Gasteiger partial charge in [0.15, 0.2) is 0 Å². The summed E-state index contributed by atoms with van der Waals surface area (Å²) >= 11 is 0. The fourth-order valence-electron chi connectivity index (χ4n) is 1.59. The number of halogens is 1. The van der Waals surface area contributed by atoms with E-state index in [2.05, 4.69) is 0 Å². The van der Waals surface area contributed by atoms with Crippen molar-refractivity contribution in [1.82, 2.24) is 0 Å². The Hall–Kier alpha value is -1.22. The number of rotatable bonds is 7. The molecule has 0 atom stereocenters. The zero-order chi connectivity index (χ0) is 12.7. The molecule has 0 bridgehead atoms. The molecule has 1 rings (SSSR count). The first-order valence-corrected chi connectivity index (χ1v) is 5.98. The Labute approximate surface area is 102 Å². The smallest absolute Gasteiger partial charge is 0.139 e. The van der Waals surface area contributed by atoms with E-state index in [1.165, 1.54) is 12.1 Å². The topological polar surface area (TPSA) is 26.3 Å². The molecule has 0 fully saturated rings. The van der Waals surface area contributed by atoms with Crippen molar-refractivity contribution >= 4 is 5.78 Å². The van der Waals surface area contributed by atoms with Crippen LogP contribution in [0.15, 0.2) is 18.2 Å². The van der Waals surface area contributed by atoms with Gasteiger partial charge in [0.25, 0.3) is 0 Å². The normalized spacial score (nSPS) is 10.5. The lowest BCUT2D eigenvalue weighted by Crippen LogP contribution is -2.08. The predicted octanol–water partition coefficient (Wildman–Crippen LogP) is 3.06. The molecule has 3 heteroatoms. The quantitative estimate of drug-likeness (QED) is 0.682. The van der Waals surface area contributed by atoms with Crippen LogP contribution in [0.1, 0.15) is 30.9 Å². The molecule has 2 nitrogen and oxygen atoms in total. The summed E-state index contributed by atoms with van der Waals surface area (Å²) in [4.78, 5) is 11.6. The van der Waals surface area contributed by atoms with E-state index in [0.29, 0.717) is 26.1 Å². The van der Waals surface area contributed by atoms with Crippen LogP contribution in [-0.2, 0) is 16.0 Å². The Morgan fingerprint density at radius 3 is 2.76 bits per heavy atom. The largest absolute Gasteiger partial charge is 0.381 e. The van der Waals surface area contributed by atoms with Crippen LogP contribution in [0.3, 0.4) is 0 Å². The maximum atomic E-state index is 12.9. The number of benzene rings is 1. The highest BCUT2D eigenvalue weighted by atomic mass is 19.1. The number of Topliss-reactive ketones (excluding diaryl/α,β-unsaturated/α-hetero) is 1. The van der Waals surface area contributed by atoms with E-state index in [4.69, 9.17) is 4.74 Å². The molecule has 1 aromatic rings. The van der Waals surface area contributed by atoms with Crippen LogP contribution in [0, 0.1) is 12.7 Å². The second-order valence-corrected chi connectivity index (χ2v) is 4.15. The van der Waals surface area contributed by atoms with Crippen LogP contribution in [0.4, 0.5) is 4.39 Å². The maximum absolute atomic E-state index is 12.9. The Morgan fingerprint density at radius 2 is 2.12 bits per heavy atom. The van der Waals surface area contributed by atoms with Gasteiger partial charge in [-0.05, 0) is 36.6 Å². The third-order valence-electron chi connectivity index (χ3n) is 2.57. The van der Waals surface area contributed by atoms with E-state index in [9.17, 15) is 9.18 Å². The van der Waals surface area contributed by atoms with Crippen molar-refractivity contribution in [3.05, 3.63) is 35.1 Å². The van der Waals surface area contributed by atoms with Gasteiger partial charge in [0.05, 0.1) is 6.61 Å². The Kier molecular flexibility index (Phi) is 5.84. The Balaban J connectivity index is 2.40.